The minimum Gasteiger partial charge on any atom is -0.351 e. The van der Waals surface area contributed by atoms with Crippen molar-refractivity contribution in [2.75, 3.05) is 4.90 Å². The fourth-order valence-corrected chi connectivity index (χ4v) is 4.67. The molecule has 1 saturated heterocycles. The fourth-order valence-electron chi connectivity index (χ4n) is 4.33. The minimum absolute atomic E-state index is 0.185. The van der Waals surface area contributed by atoms with Crippen LogP contribution in [0.4, 0.5) is 10.1 Å². The lowest BCUT2D eigenvalue weighted by Gasteiger charge is -2.29. The Morgan fingerprint density at radius 2 is 1.75 bits per heavy atom. The Labute approximate surface area is 192 Å². The van der Waals surface area contributed by atoms with Crippen molar-refractivity contribution in [1.29, 1.82) is 0 Å². The third-order valence-corrected chi connectivity index (χ3v) is 6.23. The third kappa shape index (κ3) is 3.56. The smallest absolute Gasteiger partial charge is 0.174 e. The van der Waals surface area contributed by atoms with Crippen LogP contribution in [0.5, 0.6) is 0 Å². The van der Waals surface area contributed by atoms with Gasteiger partial charge in [0.25, 0.3) is 0 Å². The number of anilines is 1. The van der Waals surface area contributed by atoms with E-state index in [2.05, 4.69) is 46.4 Å². The van der Waals surface area contributed by atoms with Crippen molar-refractivity contribution in [3.8, 4) is 5.69 Å². The minimum atomic E-state index is -0.272. The van der Waals surface area contributed by atoms with Crippen molar-refractivity contribution in [3.05, 3.63) is 114 Å². The van der Waals surface area contributed by atoms with Crippen LogP contribution < -0.4 is 10.2 Å². The molecule has 1 fully saturated rings. The van der Waals surface area contributed by atoms with Gasteiger partial charge in [0.05, 0.1) is 17.4 Å². The predicted octanol–water partition coefficient (Wildman–Crippen LogP) is 5.75. The second kappa shape index (κ2) is 8.55. The van der Waals surface area contributed by atoms with Gasteiger partial charge in [-0.1, -0.05) is 37.3 Å². The zero-order valence-electron chi connectivity index (χ0n) is 17.6. The number of halogens is 1. The molecule has 0 aliphatic carbocycles. The summed E-state index contributed by atoms with van der Waals surface area (Å²) in [5, 5.41) is 4.09. The summed E-state index contributed by atoms with van der Waals surface area (Å²) in [6.45, 7) is 2.14. The molecule has 2 atom stereocenters. The van der Waals surface area contributed by atoms with Gasteiger partial charge in [0.15, 0.2) is 5.11 Å². The van der Waals surface area contributed by atoms with E-state index < -0.39 is 0 Å². The van der Waals surface area contributed by atoms with Crippen LogP contribution in [0.1, 0.15) is 36.0 Å². The molecule has 0 spiro atoms. The number of hydrogen-bond acceptors (Lipinski definition) is 2. The molecule has 0 bridgehead atoms. The molecule has 5 rings (SSSR count). The van der Waals surface area contributed by atoms with Gasteiger partial charge in [-0.3, -0.25) is 4.98 Å². The summed E-state index contributed by atoms with van der Waals surface area (Å²) in [7, 11) is 0. The van der Waals surface area contributed by atoms with Crippen LogP contribution in [0.15, 0.2) is 91.3 Å². The van der Waals surface area contributed by atoms with E-state index in [9.17, 15) is 4.39 Å². The first-order valence-corrected chi connectivity index (χ1v) is 11.1. The van der Waals surface area contributed by atoms with Gasteiger partial charge in [-0.15, -0.1) is 0 Å². The van der Waals surface area contributed by atoms with Gasteiger partial charge in [-0.25, -0.2) is 4.39 Å². The number of pyridine rings is 1. The van der Waals surface area contributed by atoms with Crippen molar-refractivity contribution >= 4 is 23.0 Å². The maximum Gasteiger partial charge on any atom is 0.174 e. The van der Waals surface area contributed by atoms with Crippen molar-refractivity contribution < 1.29 is 4.39 Å². The highest BCUT2D eigenvalue weighted by Gasteiger charge is 2.42. The number of nitrogens with zero attached hydrogens (tertiary/aromatic N) is 3. The van der Waals surface area contributed by atoms with E-state index in [-0.39, 0.29) is 17.9 Å². The summed E-state index contributed by atoms with van der Waals surface area (Å²) in [4.78, 5) is 6.71. The van der Waals surface area contributed by atoms with Crippen molar-refractivity contribution in [3.63, 3.8) is 0 Å². The number of aryl methyl sites for hydroxylation is 1. The second-order valence-electron chi connectivity index (χ2n) is 7.77. The van der Waals surface area contributed by atoms with E-state index in [1.807, 2.05) is 47.2 Å². The molecule has 6 heteroatoms. The van der Waals surface area contributed by atoms with Crippen LogP contribution in [0, 0.1) is 5.82 Å². The van der Waals surface area contributed by atoms with E-state index in [0.717, 1.165) is 23.5 Å². The molecule has 0 saturated carbocycles. The number of nitrogens with one attached hydrogen (secondary N) is 1. The Balaban J connectivity index is 1.66. The van der Waals surface area contributed by atoms with E-state index in [4.69, 9.17) is 12.2 Å². The quantitative estimate of drug-likeness (QED) is 0.399. The molecule has 3 heterocycles. The highest BCUT2D eigenvalue weighted by molar-refractivity contribution is 7.80. The van der Waals surface area contributed by atoms with E-state index >= 15 is 0 Å². The molecule has 1 aliphatic rings. The average molecular weight is 443 g/mol. The average Bonchev–Trinajstić information content (AvgIpc) is 3.44. The molecule has 32 heavy (non-hydrogen) atoms. The number of thiocarbonyl (C=S) groups is 1. The lowest BCUT2D eigenvalue weighted by Crippen LogP contribution is -2.30. The van der Waals surface area contributed by atoms with E-state index in [0.29, 0.717) is 10.8 Å². The SMILES string of the molecule is CCc1ccc(N2C(=S)N[C@@H](c3ccccn3)[C@H]2c2cccn2-c2ccccc2F)cc1. The van der Waals surface area contributed by atoms with Crippen molar-refractivity contribution in [2.24, 2.45) is 0 Å². The molecule has 1 N–H and O–H groups in total. The number of hydrogen-bond donors (Lipinski definition) is 1. The van der Waals surface area contributed by atoms with Crippen molar-refractivity contribution in [2.45, 2.75) is 25.4 Å². The molecule has 160 valence electrons. The van der Waals surface area contributed by atoms with Gasteiger partial charge in [0.1, 0.15) is 11.9 Å². The molecule has 4 nitrogen and oxygen atoms in total. The molecule has 0 amide bonds. The molecule has 1 aliphatic heterocycles. The largest absolute Gasteiger partial charge is 0.351 e. The van der Waals surface area contributed by atoms with Gasteiger partial charge in [0, 0.05) is 23.8 Å². The Bertz CT molecular complexity index is 1240. The monoisotopic (exact) mass is 442 g/mol. The van der Waals surface area contributed by atoms with Crippen LogP contribution in [0.3, 0.4) is 0 Å². The standard InChI is InChI=1S/C26H23FN4S/c1-2-18-12-14-19(15-13-18)31-25(24(29-26(31)32)21-9-5-6-16-28-21)23-11-7-17-30(23)22-10-4-3-8-20(22)27/h3-17,24-25H,2H2,1H3,(H,29,32)/t24-,25+/m0/s1. The van der Waals surface area contributed by atoms with Crippen LogP contribution in [0.25, 0.3) is 5.69 Å². The maximum atomic E-state index is 14.7. The van der Waals surface area contributed by atoms with E-state index in [1.165, 1.54) is 11.6 Å². The fraction of sp³-hybridized carbons (Fsp3) is 0.154. The van der Waals surface area contributed by atoms with Gasteiger partial charge < -0.3 is 14.8 Å². The summed E-state index contributed by atoms with van der Waals surface area (Å²) in [5.41, 5.74) is 4.57. The van der Waals surface area contributed by atoms with Crippen LogP contribution >= 0.6 is 12.2 Å². The zero-order chi connectivity index (χ0) is 22.1. The molecular weight excluding hydrogens is 419 g/mol. The summed E-state index contributed by atoms with van der Waals surface area (Å²) >= 11 is 5.80. The summed E-state index contributed by atoms with van der Waals surface area (Å²) in [6, 6.07) is 24.7. The van der Waals surface area contributed by atoms with Gasteiger partial charge in [0.2, 0.25) is 0 Å². The highest BCUT2D eigenvalue weighted by atomic mass is 32.1. The number of rotatable bonds is 5. The number of para-hydroxylation sites is 1. The van der Waals surface area contributed by atoms with E-state index in [1.54, 1.807) is 18.3 Å². The molecule has 0 unspecified atom stereocenters. The van der Waals surface area contributed by atoms with Crippen LogP contribution in [0.2, 0.25) is 0 Å². The first-order chi connectivity index (χ1) is 15.7. The second-order valence-corrected chi connectivity index (χ2v) is 8.16. The Morgan fingerprint density at radius 3 is 2.47 bits per heavy atom. The third-order valence-electron chi connectivity index (χ3n) is 5.92. The topological polar surface area (TPSA) is 33.1 Å². The predicted molar refractivity (Wildman–Crippen MR) is 129 cm³/mol. The molecular formula is C26H23FN4S. The van der Waals surface area contributed by atoms with Crippen LogP contribution in [-0.2, 0) is 6.42 Å². The summed E-state index contributed by atoms with van der Waals surface area (Å²) in [5.74, 6) is -0.272. The first kappa shape index (κ1) is 20.4. The Hall–Kier alpha value is -3.51. The number of benzene rings is 2. The lowest BCUT2D eigenvalue weighted by molar-refractivity contribution is 0.544. The van der Waals surface area contributed by atoms with Gasteiger partial charge in [-0.2, -0.15) is 0 Å². The summed E-state index contributed by atoms with van der Waals surface area (Å²) in [6.07, 6.45) is 4.65. The normalized spacial score (nSPS) is 18.1. The van der Waals surface area contributed by atoms with Crippen molar-refractivity contribution in [1.82, 2.24) is 14.9 Å². The van der Waals surface area contributed by atoms with Gasteiger partial charge in [-0.05, 0) is 72.7 Å². The Morgan fingerprint density at radius 1 is 0.969 bits per heavy atom. The molecule has 2 aromatic heterocycles. The first-order valence-electron chi connectivity index (χ1n) is 10.7. The molecule has 0 radical (unpaired) electrons. The summed E-state index contributed by atoms with van der Waals surface area (Å²) < 4.78 is 16.6. The van der Waals surface area contributed by atoms with Gasteiger partial charge >= 0.3 is 0 Å². The Kier molecular flexibility index (Phi) is 5.45. The van der Waals surface area contributed by atoms with Crippen LogP contribution in [-0.4, -0.2) is 14.7 Å². The molecule has 4 aromatic rings. The molecule has 2 aromatic carbocycles. The zero-order valence-corrected chi connectivity index (χ0v) is 18.5. The highest BCUT2D eigenvalue weighted by Crippen LogP contribution is 2.42. The maximum absolute atomic E-state index is 14.7. The number of aromatic nitrogens is 2. The lowest BCUT2D eigenvalue weighted by atomic mass is 10.0.